The summed E-state index contributed by atoms with van der Waals surface area (Å²) in [6.07, 6.45) is -2.84. The molecule has 2 rings (SSSR count). The van der Waals surface area contributed by atoms with Gasteiger partial charge in [0.2, 0.25) is 5.88 Å². The van der Waals surface area contributed by atoms with Gasteiger partial charge in [-0.1, -0.05) is 0 Å². The van der Waals surface area contributed by atoms with Gasteiger partial charge in [-0.2, -0.15) is 0 Å². The quantitative estimate of drug-likeness (QED) is 0.783. The molecule has 0 radical (unpaired) electrons. The number of halogens is 3. The number of hydrogen-bond acceptors (Lipinski definition) is 4. The van der Waals surface area contributed by atoms with E-state index in [4.69, 9.17) is 4.74 Å². The van der Waals surface area contributed by atoms with Crippen molar-refractivity contribution in [2.24, 2.45) is 5.92 Å². The number of carbonyl (C=O) groups excluding carboxylic acids is 1. The van der Waals surface area contributed by atoms with E-state index in [0.717, 1.165) is 12.8 Å². The van der Waals surface area contributed by atoms with E-state index in [9.17, 15) is 18.0 Å². The van der Waals surface area contributed by atoms with Gasteiger partial charge in [0.25, 0.3) is 0 Å². The summed E-state index contributed by atoms with van der Waals surface area (Å²) in [5.41, 5.74) is 0.616. The molecule has 0 aromatic carbocycles. The summed E-state index contributed by atoms with van der Waals surface area (Å²) in [4.78, 5) is 17.7. The molecule has 0 aliphatic carbocycles. The number of carbonyl (C=O) groups is 1. The van der Waals surface area contributed by atoms with Crippen molar-refractivity contribution in [1.29, 1.82) is 0 Å². The van der Waals surface area contributed by atoms with E-state index in [1.54, 1.807) is 17.9 Å². The maximum Gasteiger partial charge on any atom is 0.574 e. The lowest BCUT2D eigenvalue weighted by atomic mass is 9.91. The first-order chi connectivity index (χ1) is 11.9. The third kappa shape index (κ3) is 6.72. The van der Waals surface area contributed by atoms with E-state index >= 15 is 0 Å². The smallest absolute Gasteiger partial charge is 0.444 e. The van der Waals surface area contributed by atoms with Crippen molar-refractivity contribution in [3.05, 3.63) is 23.4 Å². The molecule has 146 valence electrons. The number of hydrogen-bond donors (Lipinski definition) is 0. The number of alkyl halides is 3. The minimum atomic E-state index is -4.77. The predicted octanol–water partition coefficient (Wildman–Crippen LogP) is 4.48. The summed E-state index contributed by atoms with van der Waals surface area (Å²) in [7, 11) is 0. The second kappa shape index (κ2) is 7.72. The van der Waals surface area contributed by atoms with Crippen LogP contribution in [-0.2, 0) is 11.2 Å². The van der Waals surface area contributed by atoms with Crippen molar-refractivity contribution in [3.8, 4) is 5.88 Å². The highest BCUT2D eigenvalue weighted by Gasteiger charge is 2.32. The third-order valence-electron chi connectivity index (χ3n) is 3.91. The van der Waals surface area contributed by atoms with Gasteiger partial charge in [-0.3, -0.25) is 0 Å². The summed E-state index contributed by atoms with van der Waals surface area (Å²) in [5, 5.41) is 0. The topological polar surface area (TPSA) is 51.7 Å². The zero-order valence-corrected chi connectivity index (χ0v) is 15.5. The Hall–Kier alpha value is -1.99. The van der Waals surface area contributed by atoms with Crippen LogP contribution in [-0.4, -0.2) is 41.0 Å². The number of likely N-dealkylation sites (tertiary alicyclic amines) is 1. The molecule has 0 N–H and O–H groups in total. The van der Waals surface area contributed by atoms with Crippen LogP contribution in [0.4, 0.5) is 18.0 Å². The highest BCUT2D eigenvalue weighted by Crippen LogP contribution is 2.26. The zero-order chi connectivity index (χ0) is 19.5. The minimum Gasteiger partial charge on any atom is -0.444 e. The fourth-order valence-corrected chi connectivity index (χ4v) is 3.05. The SMILES string of the molecule is Cc1cc(C[C@H]2CCCN(C(=O)OC(C)(C)C)C2)cc(OC(F)(F)F)n1. The second-order valence-corrected chi connectivity index (χ2v) is 7.64. The number of piperidine rings is 1. The highest BCUT2D eigenvalue weighted by molar-refractivity contribution is 5.68. The van der Waals surface area contributed by atoms with Crippen molar-refractivity contribution in [1.82, 2.24) is 9.88 Å². The summed E-state index contributed by atoms with van der Waals surface area (Å²) in [6.45, 7) is 8.21. The molecule has 1 amide bonds. The van der Waals surface area contributed by atoms with Crippen molar-refractivity contribution in [3.63, 3.8) is 0 Å². The molecule has 1 aliphatic heterocycles. The highest BCUT2D eigenvalue weighted by atomic mass is 19.4. The maximum absolute atomic E-state index is 12.4. The van der Waals surface area contributed by atoms with Gasteiger partial charge in [0.05, 0.1) is 0 Å². The molecule has 26 heavy (non-hydrogen) atoms. The molecule has 0 unspecified atom stereocenters. The molecule has 2 heterocycles. The molecule has 0 saturated carbocycles. The Balaban J connectivity index is 2.03. The van der Waals surface area contributed by atoms with Gasteiger partial charge in [-0.25, -0.2) is 9.78 Å². The number of ether oxygens (including phenoxy) is 2. The molecule has 1 atom stereocenters. The Morgan fingerprint density at radius 1 is 1.31 bits per heavy atom. The third-order valence-corrected chi connectivity index (χ3v) is 3.91. The molecule has 1 fully saturated rings. The minimum absolute atomic E-state index is 0.150. The monoisotopic (exact) mass is 374 g/mol. The standard InChI is InChI=1S/C18H25F3N2O3/c1-12-8-14(10-15(22-12)25-18(19,20)21)9-13-6-5-7-23(11-13)16(24)26-17(2,3)4/h8,10,13H,5-7,9,11H2,1-4H3/t13-/m1/s1. The van der Waals surface area contributed by atoms with Crippen LogP contribution < -0.4 is 4.74 Å². The first kappa shape index (κ1) is 20.3. The van der Waals surface area contributed by atoms with Gasteiger partial charge < -0.3 is 14.4 Å². The fourth-order valence-electron chi connectivity index (χ4n) is 3.05. The lowest BCUT2D eigenvalue weighted by Gasteiger charge is -2.34. The number of pyridine rings is 1. The lowest BCUT2D eigenvalue weighted by molar-refractivity contribution is -0.276. The summed E-state index contributed by atoms with van der Waals surface area (Å²) in [5.74, 6) is -0.302. The molecule has 1 aromatic heterocycles. The molecule has 1 saturated heterocycles. The van der Waals surface area contributed by atoms with Crippen LogP contribution in [0, 0.1) is 12.8 Å². The van der Waals surface area contributed by atoms with E-state index in [0.29, 0.717) is 30.8 Å². The van der Waals surface area contributed by atoms with E-state index < -0.39 is 17.8 Å². The van der Waals surface area contributed by atoms with Crippen molar-refractivity contribution in [2.45, 2.75) is 58.9 Å². The molecule has 1 aliphatic rings. The van der Waals surface area contributed by atoms with Crippen LogP contribution >= 0.6 is 0 Å². The zero-order valence-electron chi connectivity index (χ0n) is 15.5. The Kier molecular flexibility index (Phi) is 6.03. The number of aryl methyl sites for hydroxylation is 1. The van der Waals surface area contributed by atoms with Crippen LogP contribution in [0.3, 0.4) is 0 Å². The number of aromatic nitrogens is 1. The molecule has 8 heteroatoms. The van der Waals surface area contributed by atoms with E-state index in [1.807, 2.05) is 20.8 Å². The number of nitrogens with zero attached hydrogens (tertiary/aromatic N) is 2. The predicted molar refractivity (Wildman–Crippen MR) is 89.9 cm³/mol. The number of amides is 1. The first-order valence-electron chi connectivity index (χ1n) is 8.62. The van der Waals surface area contributed by atoms with Crippen LogP contribution in [0.25, 0.3) is 0 Å². The average Bonchev–Trinajstić information content (AvgIpc) is 2.43. The van der Waals surface area contributed by atoms with E-state index in [1.165, 1.54) is 6.07 Å². The van der Waals surface area contributed by atoms with Gasteiger partial charge in [-0.05, 0) is 64.5 Å². The van der Waals surface area contributed by atoms with Crippen molar-refractivity contribution >= 4 is 6.09 Å². The van der Waals surface area contributed by atoms with E-state index in [-0.39, 0.29) is 12.0 Å². The van der Waals surface area contributed by atoms with Gasteiger partial charge in [0.1, 0.15) is 5.60 Å². The molecule has 0 spiro atoms. The first-order valence-corrected chi connectivity index (χ1v) is 8.62. The molecule has 5 nitrogen and oxygen atoms in total. The summed E-state index contributed by atoms with van der Waals surface area (Å²) >= 11 is 0. The largest absolute Gasteiger partial charge is 0.574 e. The Morgan fingerprint density at radius 2 is 2.00 bits per heavy atom. The van der Waals surface area contributed by atoms with Gasteiger partial charge in [0, 0.05) is 24.8 Å². The Morgan fingerprint density at radius 3 is 2.62 bits per heavy atom. The number of rotatable bonds is 3. The van der Waals surface area contributed by atoms with Gasteiger partial charge in [-0.15, -0.1) is 13.2 Å². The van der Waals surface area contributed by atoms with Crippen LogP contribution in [0.15, 0.2) is 12.1 Å². The van der Waals surface area contributed by atoms with E-state index in [2.05, 4.69) is 9.72 Å². The fraction of sp³-hybridized carbons (Fsp3) is 0.667. The van der Waals surface area contributed by atoms with Crippen molar-refractivity contribution in [2.75, 3.05) is 13.1 Å². The van der Waals surface area contributed by atoms with Crippen LogP contribution in [0.2, 0.25) is 0 Å². The van der Waals surface area contributed by atoms with Gasteiger partial charge in [0.15, 0.2) is 0 Å². The maximum atomic E-state index is 12.4. The second-order valence-electron chi connectivity index (χ2n) is 7.64. The van der Waals surface area contributed by atoms with Crippen LogP contribution in [0.5, 0.6) is 5.88 Å². The Bertz CT molecular complexity index is 642. The molecule has 0 bridgehead atoms. The summed E-state index contributed by atoms with van der Waals surface area (Å²) in [6, 6.07) is 3.06. The average molecular weight is 374 g/mol. The van der Waals surface area contributed by atoms with Crippen LogP contribution in [0.1, 0.15) is 44.9 Å². The molecular formula is C18H25F3N2O3. The lowest BCUT2D eigenvalue weighted by Crippen LogP contribution is -2.43. The molecular weight excluding hydrogens is 349 g/mol. The van der Waals surface area contributed by atoms with Gasteiger partial charge >= 0.3 is 12.5 Å². The Labute approximate surface area is 151 Å². The molecule has 1 aromatic rings. The normalized spacial score (nSPS) is 18.6. The summed E-state index contributed by atoms with van der Waals surface area (Å²) < 4.78 is 46.6. The van der Waals surface area contributed by atoms with Crippen molar-refractivity contribution < 1.29 is 27.4 Å².